The van der Waals surface area contributed by atoms with E-state index >= 15 is 0 Å². The Balaban J connectivity index is 0. The van der Waals surface area contributed by atoms with Crippen LogP contribution < -0.4 is 4.74 Å². The van der Waals surface area contributed by atoms with Crippen LogP contribution in [-0.2, 0) is 0 Å². The minimum Gasteiger partial charge on any atom is -0.507 e. The molecule has 3 heteroatoms. The van der Waals surface area contributed by atoms with Gasteiger partial charge in [0.2, 0.25) is 0 Å². The topological polar surface area (TPSA) is 46.5 Å². The zero-order valence-electron chi connectivity index (χ0n) is 10.1. The molecule has 0 heterocycles. The van der Waals surface area contributed by atoms with Crippen LogP contribution in [0.1, 0.15) is 45.1 Å². The van der Waals surface area contributed by atoms with Gasteiger partial charge in [-0.1, -0.05) is 52.6 Å². The highest BCUT2D eigenvalue weighted by molar-refractivity contribution is 6.10. The number of aromatic hydroxyl groups is 1. The maximum absolute atomic E-state index is 12.1. The minimum absolute atomic E-state index is 0. The van der Waals surface area contributed by atoms with Gasteiger partial charge in [-0.3, -0.25) is 4.79 Å². The monoisotopic (exact) mass is 290 g/mol. The molecule has 0 aliphatic rings. The molecule has 0 unspecified atom stereocenters. The second kappa shape index (κ2) is 9.59. The Morgan fingerprint density at radius 1 is 1.05 bits per heavy atom. The van der Waals surface area contributed by atoms with Crippen molar-refractivity contribution >= 4 is 5.78 Å². The summed E-state index contributed by atoms with van der Waals surface area (Å²) in [5.74, 6) is 0.297. The number of phenolic OH excluding ortho intramolecular Hbond substituents is 1. The van der Waals surface area contributed by atoms with Crippen LogP contribution in [0.4, 0.5) is 0 Å². The number of hydrogen-bond acceptors (Lipinski definition) is 3. The van der Waals surface area contributed by atoms with Crippen molar-refractivity contribution in [2.45, 2.75) is 29.2 Å². The summed E-state index contributed by atoms with van der Waals surface area (Å²) in [6.45, 7) is 2.38. The molecular weight excluding hydrogens is 264 g/mol. The SMILES string of the molecule is C.C.C.CCOc1ccc(C(=O)c2ccccc2)c(O)c1. The molecule has 0 spiro atoms. The molecule has 0 bridgehead atoms. The van der Waals surface area contributed by atoms with Gasteiger partial charge in [-0.25, -0.2) is 0 Å². The van der Waals surface area contributed by atoms with Crippen LogP contribution in [0.5, 0.6) is 11.5 Å². The van der Waals surface area contributed by atoms with Crippen LogP contribution in [0.25, 0.3) is 0 Å². The summed E-state index contributed by atoms with van der Waals surface area (Å²) < 4.78 is 5.26. The molecule has 0 saturated carbocycles. The fourth-order valence-electron chi connectivity index (χ4n) is 1.70. The van der Waals surface area contributed by atoms with E-state index in [2.05, 4.69) is 0 Å². The molecule has 21 heavy (non-hydrogen) atoms. The molecule has 0 fully saturated rings. The van der Waals surface area contributed by atoms with E-state index in [1.54, 1.807) is 36.4 Å². The second-order valence-electron chi connectivity index (χ2n) is 3.81. The molecule has 116 valence electrons. The van der Waals surface area contributed by atoms with Gasteiger partial charge in [-0.2, -0.15) is 0 Å². The first-order valence-electron chi connectivity index (χ1n) is 5.78. The van der Waals surface area contributed by atoms with Gasteiger partial charge in [-0.15, -0.1) is 0 Å². The molecule has 3 nitrogen and oxygen atoms in total. The van der Waals surface area contributed by atoms with Crippen LogP contribution >= 0.6 is 0 Å². The first-order valence-corrected chi connectivity index (χ1v) is 5.78. The highest BCUT2D eigenvalue weighted by Gasteiger charge is 2.13. The third-order valence-corrected chi connectivity index (χ3v) is 2.56. The Morgan fingerprint density at radius 2 is 1.67 bits per heavy atom. The highest BCUT2D eigenvalue weighted by Crippen LogP contribution is 2.25. The first-order chi connectivity index (χ1) is 8.72. The van der Waals surface area contributed by atoms with E-state index in [-0.39, 0.29) is 39.4 Å². The van der Waals surface area contributed by atoms with Gasteiger partial charge >= 0.3 is 0 Å². The highest BCUT2D eigenvalue weighted by atomic mass is 16.5. The van der Waals surface area contributed by atoms with E-state index in [0.717, 1.165) is 0 Å². The maximum atomic E-state index is 12.1. The summed E-state index contributed by atoms with van der Waals surface area (Å²) >= 11 is 0. The second-order valence-corrected chi connectivity index (χ2v) is 3.81. The van der Waals surface area contributed by atoms with Crippen molar-refractivity contribution in [1.29, 1.82) is 0 Å². The zero-order chi connectivity index (χ0) is 13.0. The van der Waals surface area contributed by atoms with Gasteiger partial charge in [0, 0.05) is 11.6 Å². The molecule has 2 aromatic carbocycles. The van der Waals surface area contributed by atoms with E-state index in [1.165, 1.54) is 6.07 Å². The van der Waals surface area contributed by atoms with Gasteiger partial charge < -0.3 is 9.84 Å². The first kappa shape index (κ1) is 21.0. The Hall–Kier alpha value is -2.29. The molecule has 0 aromatic heterocycles. The van der Waals surface area contributed by atoms with E-state index in [0.29, 0.717) is 17.9 Å². The van der Waals surface area contributed by atoms with E-state index < -0.39 is 0 Å². The Labute approximate surface area is 128 Å². The zero-order valence-corrected chi connectivity index (χ0v) is 10.1. The van der Waals surface area contributed by atoms with Crippen LogP contribution in [0.15, 0.2) is 48.5 Å². The molecule has 0 radical (unpaired) electrons. The van der Waals surface area contributed by atoms with E-state index in [9.17, 15) is 9.90 Å². The van der Waals surface area contributed by atoms with Crippen LogP contribution in [0.2, 0.25) is 0 Å². The number of phenols is 1. The van der Waals surface area contributed by atoms with Gasteiger partial charge in [-0.05, 0) is 19.1 Å². The van der Waals surface area contributed by atoms with Crippen LogP contribution in [0.3, 0.4) is 0 Å². The number of benzene rings is 2. The number of ether oxygens (including phenoxy) is 1. The molecule has 0 aliphatic heterocycles. The van der Waals surface area contributed by atoms with Crippen LogP contribution in [0, 0.1) is 0 Å². The van der Waals surface area contributed by atoms with Gasteiger partial charge in [0.25, 0.3) is 0 Å². The predicted molar refractivity (Wildman–Crippen MR) is 89.3 cm³/mol. The quantitative estimate of drug-likeness (QED) is 0.812. The lowest BCUT2D eigenvalue weighted by Gasteiger charge is -2.07. The molecule has 2 aromatic rings. The summed E-state index contributed by atoms with van der Waals surface area (Å²) in [5, 5.41) is 9.85. The summed E-state index contributed by atoms with van der Waals surface area (Å²) in [6.07, 6.45) is 0. The maximum Gasteiger partial charge on any atom is 0.196 e. The Kier molecular flexibility index (Phi) is 9.60. The Bertz CT molecular complexity index is 548. The summed E-state index contributed by atoms with van der Waals surface area (Å²) in [7, 11) is 0. The van der Waals surface area contributed by atoms with E-state index in [4.69, 9.17) is 4.74 Å². The normalized spacial score (nSPS) is 8.62. The lowest BCUT2D eigenvalue weighted by atomic mass is 10.0. The summed E-state index contributed by atoms with van der Waals surface area (Å²) in [6, 6.07) is 13.6. The third kappa shape index (κ3) is 4.95. The Morgan fingerprint density at radius 3 is 2.19 bits per heavy atom. The van der Waals surface area contributed by atoms with Gasteiger partial charge in [0.15, 0.2) is 5.78 Å². The number of rotatable bonds is 4. The van der Waals surface area contributed by atoms with Crippen molar-refractivity contribution in [3.8, 4) is 11.5 Å². The average molecular weight is 290 g/mol. The summed E-state index contributed by atoms with van der Waals surface area (Å²) in [4.78, 5) is 12.1. The van der Waals surface area contributed by atoms with Crippen LogP contribution in [-0.4, -0.2) is 17.5 Å². The lowest BCUT2D eigenvalue weighted by Crippen LogP contribution is -2.01. The third-order valence-electron chi connectivity index (χ3n) is 2.56. The number of carbonyl (C=O) groups is 1. The summed E-state index contributed by atoms with van der Waals surface area (Å²) in [5.41, 5.74) is 0.835. The average Bonchev–Trinajstić information content (AvgIpc) is 2.40. The van der Waals surface area contributed by atoms with Crippen molar-refractivity contribution in [1.82, 2.24) is 0 Å². The number of carbonyl (C=O) groups excluding carboxylic acids is 1. The largest absolute Gasteiger partial charge is 0.507 e. The standard InChI is InChI=1S/C15H14O3.3CH4/c1-2-18-12-8-9-13(14(16)10-12)15(17)11-6-4-3-5-7-11;;;/h3-10,16H,2H2,1H3;3*1H4. The molecule has 0 saturated heterocycles. The number of ketones is 1. The molecular formula is C18H26O3. The molecule has 0 aliphatic carbocycles. The van der Waals surface area contributed by atoms with Crippen molar-refractivity contribution in [2.75, 3.05) is 6.61 Å². The smallest absolute Gasteiger partial charge is 0.196 e. The molecule has 0 amide bonds. The predicted octanol–water partition coefficient (Wildman–Crippen LogP) is 4.93. The van der Waals surface area contributed by atoms with Gasteiger partial charge in [0.05, 0.1) is 12.2 Å². The van der Waals surface area contributed by atoms with Crippen molar-refractivity contribution in [2.24, 2.45) is 0 Å². The molecule has 0 atom stereocenters. The van der Waals surface area contributed by atoms with Crippen molar-refractivity contribution < 1.29 is 14.6 Å². The minimum atomic E-state index is -0.198. The lowest BCUT2D eigenvalue weighted by molar-refractivity contribution is 0.103. The van der Waals surface area contributed by atoms with E-state index in [1.807, 2.05) is 13.0 Å². The fourth-order valence-corrected chi connectivity index (χ4v) is 1.70. The number of hydrogen-bond donors (Lipinski definition) is 1. The molecule has 2 rings (SSSR count). The van der Waals surface area contributed by atoms with Gasteiger partial charge in [0.1, 0.15) is 11.5 Å². The van der Waals surface area contributed by atoms with Crippen molar-refractivity contribution in [3.63, 3.8) is 0 Å². The molecule has 1 N–H and O–H groups in total. The van der Waals surface area contributed by atoms with Crippen molar-refractivity contribution in [3.05, 3.63) is 59.7 Å². The fraction of sp³-hybridized carbons (Fsp3) is 0.278.